The van der Waals surface area contributed by atoms with Crippen molar-refractivity contribution in [2.24, 2.45) is 16.6 Å². The summed E-state index contributed by atoms with van der Waals surface area (Å²) in [5.41, 5.74) is 1.65. The number of ether oxygens (including phenoxy) is 2. The third-order valence-electron chi connectivity index (χ3n) is 6.05. The average Bonchev–Trinajstić information content (AvgIpc) is 3.05. The van der Waals surface area contributed by atoms with Gasteiger partial charge in [0.05, 0.1) is 12.0 Å². The quantitative estimate of drug-likeness (QED) is 0.481. The van der Waals surface area contributed by atoms with Gasteiger partial charge in [-0.3, -0.25) is 9.59 Å². The molecule has 2 amide bonds. The summed E-state index contributed by atoms with van der Waals surface area (Å²) in [6, 6.07) is 3.81. The van der Waals surface area contributed by atoms with Gasteiger partial charge in [-0.15, -0.1) is 0 Å². The van der Waals surface area contributed by atoms with Crippen LogP contribution < -0.4 is 15.8 Å². The zero-order chi connectivity index (χ0) is 26.3. The Morgan fingerprint density at radius 2 is 1.94 bits per heavy atom. The molecule has 0 unspecified atom stereocenters. The standard InChI is InChI=1S/C22H22F5N3O5/c1-4-34-17-12(5-6-13(23)16(17)24)15-10(2)21(3,22(25,26)27)35-18(15)20(32)29-11-7-8-30(33)14(9-11)19(28)31/h5-10,15,18,33H,4H2,1-3H3,(H2,28,31)/t10-,15+,18+,21+/m1/s1. The van der Waals surface area contributed by atoms with Gasteiger partial charge in [0.15, 0.2) is 17.2 Å². The number of rotatable bonds is 5. The van der Waals surface area contributed by atoms with Gasteiger partial charge >= 0.3 is 6.18 Å². The first-order valence-electron chi connectivity index (χ1n) is 10.4. The molecule has 13 heteroatoms. The van der Waals surface area contributed by atoms with Crippen LogP contribution in [0.4, 0.5) is 22.0 Å². The van der Waals surface area contributed by atoms with E-state index >= 15 is 0 Å². The molecule has 3 rings (SSSR count). The lowest BCUT2D eigenvalue weighted by Gasteiger charge is -2.32. The van der Waals surface area contributed by atoms with E-state index in [0.717, 1.165) is 37.4 Å². The number of carbonyl (C=O) groups is 2. The Labute approximate surface area is 195 Å². The van der Waals surface area contributed by atoms with E-state index < -0.39 is 64.6 Å². The second-order valence-corrected chi connectivity index (χ2v) is 8.10. The lowest BCUT2D eigenvalue weighted by Crippen LogP contribution is -2.47. The largest absolute Gasteiger partial charge is 0.490 e. The molecular formula is C22H22F5N3O5. The Morgan fingerprint density at radius 1 is 1.29 bits per heavy atom. The summed E-state index contributed by atoms with van der Waals surface area (Å²) in [5, 5.41) is 9.42. The van der Waals surface area contributed by atoms with E-state index in [2.05, 4.69) is 4.99 Å². The first kappa shape index (κ1) is 26.1. The van der Waals surface area contributed by atoms with E-state index in [1.54, 1.807) is 0 Å². The minimum atomic E-state index is -4.93. The van der Waals surface area contributed by atoms with E-state index in [4.69, 9.17) is 15.2 Å². The molecule has 1 aliphatic rings. The summed E-state index contributed by atoms with van der Waals surface area (Å²) < 4.78 is 81.3. The smallest absolute Gasteiger partial charge is 0.417 e. The maximum absolute atomic E-state index is 14.5. The molecule has 0 bridgehead atoms. The minimum absolute atomic E-state index is 0.129. The van der Waals surface area contributed by atoms with Crippen molar-refractivity contribution in [1.82, 2.24) is 4.73 Å². The number of aromatic nitrogens is 1. The van der Waals surface area contributed by atoms with E-state index in [-0.39, 0.29) is 17.5 Å². The molecule has 2 heterocycles. The third kappa shape index (κ3) is 4.59. The number of pyridine rings is 1. The van der Waals surface area contributed by atoms with Crippen molar-refractivity contribution < 1.29 is 46.2 Å². The summed E-state index contributed by atoms with van der Waals surface area (Å²) in [6.45, 7) is 3.26. The molecule has 1 aromatic heterocycles. The number of primary amides is 1. The number of alkyl halides is 3. The van der Waals surface area contributed by atoms with Crippen molar-refractivity contribution in [3.8, 4) is 5.75 Å². The van der Waals surface area contributed by atoms with Gasteiger partial charge in [-0.2, -0.15) is 22.3 Å². The minimum Gasteiger partial charge on any atom is -0.490 e. The molecule has 1 fully saturated rings. The Kier molecular flexibility index (Phi) is 6.93. The summed E-state index contributed by atoms with van der Waals surface area (Å²) in [5.74, 6) is -8.46. The van der Waals surface area contributed by atoms with Crippen LogP contribution in [0, 0.1) is 17.6 Å². The van der Waals surface area contributed by atoms with Gasteiger partial charge in [0, 0.05) is 23.6 Å². The average molecular weight is 503 g/mol. The third-order valence-corrected chi connectivity index (χ3v) is 6.05. The van der Waals surface area contributed by atoms with Crippen LogP contribution in [0.1, 0.15) is 42.7 Å². The zero-order valence-corrected chi connectivity index (χ0v) is 18.8. The van der Waals surface area contributed by atoms with Gasteiger partial charge in [0.2, 0.25) is 5.82 Å². The van der Waals surface area contributed by atoms with Crippen LogP contribution in [0.2, 0.25) is 0 Å². The van der Waals surface area contributed by atoms with Gasteiger partial charge in [0.1, 0.15) is 11.8 Å². The van der Waals surface area contributed by atoms with Crippen LogP contribution in [0.25, 0.3) is 0 Å². The summed E-state index contributed by atoms with van der Waals surface area (Å²) >= 11 is 0. The fraction of sp³-hybridized carbons (Fsp3) is 0.409. The van der Waals surface area contributed by atoms with Crippen molar-refractivity contribution in [1.29, 1.82) is 0 Å². The highest BCUT2D eigenvalue weighted by Crippen LogP contribution is 2.55. The molecule has 0 saturated carbocycles. The molecule has 1 aromatic carbocycles. The maximum Gasteiger partial charge on any atom is 0.417 e. The Bertz CT molecular complexity index is 1230. The van der Waals surface area contributed by atoms with Gasteiger partial charge in [-0.1, -0.05) is 13.0 Å². The molecule has 3 N–H and O–H groups in total. The lowest BCUT2D eigenvalue weighted by atomic mass is 9.77. The Balaban J connectivity index is 2.19. The number of hydrogen-bond donors (Lipinski definition) is 2. The molecule has 190 valence electrons. The van der Waals surface area contributed by atoms with Gasteiger partial charge in [0.25, 0.3) is 11.8 Å². The van der Waals surface area contributed by atoms with Gasteiger partial charge in [-0.25, -0.2) is 9.38 Å². The molecule has 8 nitrogen and oxygen atoms in total. The van der Waals surface area contributed by atoms with E-state index in [9.17, 15) is 36.7 Å². The number of nitrogens with two attached hydrogens (primary N) is 1. The molecule has 0 aliphatic carbocycles. The van der Waals surface area contributed by atoms with Crippen molar-refractivity contribution in [3.63, 3.8) is 0 Å². The summed E-state index contributed by atoms with van der Waals surface area (Å²) in [6.07, 6.45) is -5.86. The number of carbonyl (C=O) groups excluding carboxylic acids is 2. The van der Waals surface area contributed by atoms with Gasteiger partial charge < -0.3 is 20.4 Å². The van der Waals surface area contributed by atoms with Crippen LogP contribution in [0.3, 0.4) is 0 Å². The number of amides is 2. The monoisotopic (exact) mass is 503 g/mol. The molecule has 0 radical (unpaired) electrons. The zero-order valence-electron chi connectivity index (χ0n) is 18.8. The number of hydrogen-bond acceptors (Lipinski definition) is 5. The Hall–Kier alpha value is -3.48. The van der Waals surface area contributed by atoms with Crippen LogP contribution in [0.15, 0.2) is 35.5 Å². The van der Waals surface area contributed by atoms with E-state index in [1.165, 1.54) is 13.8 Å². The summed E-state index contributed by atoms with van der Waals surface area (Å²) in [7, 11) is 0. The fourth-order valence-corrected chi connectivity index (χ4v) is 4.04. The number of benzene rings is 1. The molecule has 35 heavy (non-hydrogen) atoms. The highest BCUT2D eigenvalue weighted by atomic mass is 19.4. The molecule has 0 spiro atoms. The van der Waals surface area contributed by atoms with Crippen molar-refractivity contribution >= 4 is 11.8 Å². The predicted molar refractivity (Wildman–Crippen MR) is 109 cm³/mol. The molecule has 1 saturated heterocycles. The molecule has 2 aromatic rings. The van der Waals surface area contributed by atoms with Crippen molar-refractivity contribution in [3.05, 3.63) is 58.7 Å². The second kappa shape index (κ2) is 9.29. The molecule has 4 atom stereocenters. The highest BCUT2D eigenvalue weighted by molar-refractivity contribution is 5.91. The van der Waals surface area contributed by atoms with Crippen LogP contribution in [-0.4, -0.2) is 46.2 Å². The SMILES string of the molecule is CCOc1c([C@H]2[C@@H](C(=O)N=c3ccn(O)c(C(N)=O)c3)O[C@](C)(C(F)(F)F)[C@@H]2C)ccc(F)c1F. The van der Waals surface area contributed by atoms with Crippen LogP contribution >= 0.6 is 0 Å². The van der Waals surface area contributed by atoms with E-state index in [1.807, 2.05) is 0 Å². The maximum atomic E-state index is 14.5. The molecule has 1 aliphatic heterocycles. The summed E-state index contributed by atoms with van der Waals surface area (Å²) in [4.78, 5) is 28.3. The first-order valence-corrected chi connectivity index (χ1v) is 10.4. The number of halogens is 5. The lowest BCUT2D eigenvalue weighted by molar-refractivity contribution is -0.272. The highest BCUT2D eigenvalue weighted by Gasteiger charge is 2.65. The van der Waals surface area contributed by atoms with Gasteiger partial charge in [-0.05, 0) is 32.0 Å². The number of nitrogens with zero attached hydrogens (tertiary/aromatic N) is 2. The molecular weight excluding hydrogens is 481 g/mol. The van der Waals surface area contributed by atoms with Crippen LogP contribution in [-0.2, 0) is 9.53 Å². The Morgan fingerprint density at radius 3 is 2.51 bits per heavy atom. The van der Waals surface area contributed by atoms with Crippen molar-refractivity contribution in [2.45, 2.75) is 44.6 Å². The first-order chi connectivity index (χ1) is 16.2. The topological polar surface area (TPSA) is 116 Å². The van der Waals surface area contributed by atoms with Crippen molar-refractivity contribution in [2.75, 3.05) is 6.61 Å². The van der Waals surface area contributed by atoms with E-state index in [0.29, 0.717) is 4.73 Å². The van der Waals surface area contributed by atoms with Crippen LogP contribution in [0.5, 0.6) is 5.75 Å². The predicted octanol–water partition coefficient (Wildman–Crippen LogP) is 3.07. The normalized spacial score (nSPS) is 25.0. The fourth-order valence-electron chi connectivity index (χ4n) is 4.04. The second-order valence-electron chi connectivity index (χ2n) is 8.10.